The number of nitrogens with one attached hydrogen (secondary N) is 2. The largest absolute Gasteiger partial charge is 0.454 e. The van der Waals surface area contributed by atoms with Crippen LogP contribution in [-0.2, 0) is 11.3 Å². The molecule has 1 aromatic heterocycles. The Morgan fingerprint density at radius 2 is 2.04 bits per heavy atom. The number of nitrogens with zero attached hydrogens (tertiary/aromatic N) is 2. The average Bonchev–Trinajstić information content (AvgIpc) is 3.11. The smallest absolute Gasteiger partial charge is 0.269 e. The van der Waals surface area contributed by atoms with Crippen LogP contribution in [-0.4, -0.2) is 28.4 Å². The number of fused-ring (bicyclic) bond motifs is 1. The zero-order valence-corrected chi connectivity index (χ0v) is 13.8. The van der Waals surface area contributed by atoms with Gasteiger partial charge in [-0.15, -0.1) is 0 Å². The van der Waals surface area contributed by atoms with E-state index >= 15 is 0 Å². The van der Waals surface area contributed by atoms with Crippen LogP contribution >= 0.6 is 11.6 Å². The molecule has 3 rings (SSSR count). The lowest BCUT2D eigenvalue weighted by Crippen LogP contribution is -2.43. The summed E-state index contributed by atoms with van der Waals surface area (Å²) in [6.07, 6.45) is 0. The van der Waals surface area contributed by atoms with Crippen molar-refractivity contribution in [2.24, 2.45) is 0 Å². The van der Waals surface area contributed by atoms with Crippen molar-refractivity contribution in [2.45, 2.75) is 20.4 Å². The van der Waals surface area contributed by atoms with Gasteiger partial charge in [-0.1, -0.05) is 11.6 Å². The third kappa shape index (κ3) is 3.28. The fraction of sp³-hybridized carbons (Fsp3) is 0.267. The molecule has 0 saturated carbocycles. The molecular formula is C15H15ClN4O4. The van der Waals surface area contributed by atoms with Crippen LogP contribution in [0.3, 0.4) is 0 Å². The van der Waals surface area contributed by atoms with Crippen LogP contribution in [0.15, 0.2) is 18.2 Å². The molecule has 126 valence electrons. The molecule has 0 saturated heterocycles. The van der Waals surface area contributed by atoms with Crippen molar-refractivity contribution in [2.75, 3.05) is 6.79 Å². The van der Waals surface area contributed by atoms with Crippen molar-refractivity contribution < 1.29 is 19.1 Å². The van der Waals surface area contributed by atoms with Crippen LogP contribution in [0, 0.1) is 13.8 Å². The highest BCUT2D eigenvalue weighted by Crippen LogP contribution is 2.39. The molecule has 0 aliphatic carbocycles. The van der Waals surface area contributed by atoms with E-state index < -0.39 is 11.8 Å². The van der Waals surface area contributed by atoms with E-state index in [0.29, 0.717) is 11.5 Å². The number of amides is 2. The number of aryl methyl sites for hydroxylation is 2. The van der Waals surface area contributed by atoms with E-state index in [2.05, 4.69) is 16.0 Å². The fourth-order valence-corrected chi connectivity index (χ4v) is 2.57. The minimum atomic E-state index is -0.517. The zero-order valence-electron chi connectivity index (χ0n) is 13.1. The number of hydrogen-bond donors (Lipinski definition) is 2. The van der Waals surface area contributed by atoms with Gasteiger partial charge >= 0.3 is 0 Å². The Labute approximate surface area is 142 Å². The Bertz CT molecular complexity index is 818. The molecule has 2 amide bonds. The average molecular weight is 351 g/mol. The summed E-state index contributed by atoms with van der Waals surface area (Å²) in [5.41, 5.74) is 6.59. The molecule has 1 aliphatic rings. The van der Waals surface area contributed by atoms with Gasteiger partial charge in [0, 0.05) is 11.3 Å². The van der Waals surface area contributed by atoms with E-state index in [1.54, 1.807) is 4.68 Å². The van der Waals surface area contributed by atoms with Gasteiger partial charge in [0.2, 0.25) is 6.79 Å². The van der Waals surface area contributed by atoms with Crippen molar-refractivity contribution in [1.29, 1.82) is 0 Å². The second-order valence-electron chi connectivity index (χ2n) is 5.28. The number of hydrazine groups is 1. The summed E-state index contributed by atoms with van der Waals surface area (Å²) in [6.45, 7) is 3.74. The number of carbonyl (C=O) groups is 2. The lowest BCUT2D eigenvalue weighted by molar-refractivity contribution is -0.122. The van der Waals surface area contributed by atoms with Crippen molar-refractivity contribution in [3.05, 3.63) is 40.2 Å². The second-order valence-corrected chi connectivity index (χ2v) is 5.69. The van der Waals surface area contributed by atoms with Crippen molar-refractivity contribution in [1.82, 2.24) is 20.6 Å². The fourth-order valence-electron chi connectivity index (χ4n) is 2.31. The van der Waals surface area contributed by atoms with E-state index in [1.165, 1.54) is 12.1 Å². The first-order valence-electron chi connectivity index (χ1n) is 7.13. The Morgan fingerprint density at radius 1 is 1.25 bits per heavy atom. The maximum Gasteiger partial charge on any atom is 0.269 e. The molecule has 0 spiro atoms. The SMILES string of the molecule is Cc1cc(C)n(CC(=O)NNC(=O)c2cc(Cl)c3c(c2)OCO3)n1. The number of carbonyl (C=O) groups excluding carboxylic acids is 2. The van der Waals surface area contributed by atoms with Gasteiger partial charge in [0.15, 0.2) is 11.5 Å². The van der Waals surface area contributed by atoms with Crippen LogP contribution in [0.1, 0.15) is 21.7 Å². The van der Waals surface area contributed by atoms with E-state index in [4.69, 9.17) is 21.1 Å². The molecule has 0 atom stereocenters. The van der Waals surface area contributed by atoms with Crippen LogP contribution in [0.25, 0.3) is 0 Å². The minimum Gasteiger partial charge on any atom is -0.454 e. The van der Waals surface area contributed by atoms with Gasteiger partial charge in [0.25, 0.3) is 11.8 Å². The zero-order chi connectivity index (χ0) is 17.3. The first-order chi connectivity index (χ1) is 11.4. The van der Waals surface area contributed by atoms with Gasteiger partial charge in [0.1, 0.15) is 6.54 Å². The Kier molecular flexibility index (Phi) is 4.30. The molecular weight excluding hydrogens is 336 g/mol. The van der Waals surface area contributed by atoms with Crippen molar-refractivity contribution >= 4 is 23.4 Å². The molecule has 2 aromatic rings. The van der Waals surface area contributed by atoms with Crippen molar-refractivity contribution in [3.8, 4) is 11.5 Å². The highest BCUT2D eigenvalue weighted by atomic mass is 35.5. The summed E-state index contributed by atoms with van der Waals surface area (Å²) in [5.74, 6) is -0.123. The molecule has 8 nitrogen and oxygen atoms in total. The van der Waals surface area contributed by atoms with Crippen LogP contribution in [0.4, 0.5) is 0 Å². The third-order valence-electron chi connectivity index (χ3n) is 3.40. The molecule has 0 unspecified atom stereocenters. The number of aromatic nitrogens is 2. The molecule has 0 radical (unpaired) electrons. The quantitative estimate of drug-likeness (QED) is 0.815. The van der Waals surface area contributed by atoms with Gasteiger partial charge in [-0.2, -0.15) is 5.10 Å². The maximum absolute atomic E-state index is 12.1. The summed E-state index contributed by atoms with van der Waals surface area (Å²) in [7, 11) is 0. The summed E-state index contributed by atoms with van der Waals surface area (Å²) >= 11 is 6.02. The molecule has 0 fully saturated rings. The molecule has 1 aliphatic heterocycles. The molecule has 2 N–H and O–H groups in total. The predicted molar refractivity (Wildman–Crippen MR) is 84.9 cm³/mol. The molecule has 0 bridgehead atoms. The van der Waals surface area contributed by atoms with E-state index in [0.717, 1.165) is 11.4 Å². The highest BCUT2D eigenvalue weighted by molar-refractivity contribution is 6.32. The standard InChI is InChI=1S/C15H15ClN4O4/c1-8-3-9(2)20(19-8)6-13(21)17-18-15(22)10-4-11(16)14-12(5-10)23-7-24-14/h3-5H,6-7H2,1-2H3,(H,17,21)(H,18,22). The third-order valence-corrected chi connectivity index (χ3v) is 3.68. The van der Waals surface area contributed by atoms with Crippen LogP contribution in [0.2, 0.25) is 5.02 Å². The van der Waals surface area contributed by atoms with E-state index in [9.17, 15) is 9.59 Å². The Morgan fingerprint density at radius 3 is 2.75 bits per heavy atom. The summed E-state index contributed by atoms with van der Waals surface area (Å²) in [5, 5.41) is 4.45. The number of rotatable bonds is 3. The van der Waals surface area contributed by atoms with Gasteiger partial charge in [-0.3, -0.25) is 25.1 Å². The van der Waals surface area contributed by atoms with Crippen LogP contribution < -0.4 is 20.3 Å². The van der Waals surface area contributed by atoms with Gasteiger partial charge < -0.3 is 9.47 Å². The lowest BCUT2D eigenvalue weighted by atomic mass is 10.2. The molecule has 1 aromatic carbocycles. The first kappa shape index (κ1) is 16.1. The van der Waals surface area contributed by atoms with Gasteiger partial charge in [0.05, 0.1) is 10.7 Å². The van der Waals surface area contributed by atoms with Gasteiger partial charge in [-0.25, -0.2) is 0 Å². The second kappa shape index (κ2) is 6.40. The molecule has 9 heteroatoms. The summed E-state index contributed by atoms with van der Waals surface area (Å²) < 4.78 is 11.9. The Balaban J connectivity index is 1.60. The number of hydrogen-bond acceptors (Lipinski definition) is 5. The monoisotopic (exact) mass is 350 g/mol. The summed E-state index contributed by atoms with van der Waals surface area (Å²) in [4.78, 5) is 24.0. The van der Waals surface area contributed by atoms with Crippen molar-refractivity contribution in [3.63, 3.8) is 0 Å². The Hall–Kier alpha value is -2.74. The number of halogens is 1. The number of ether oxygens (including phenoxy) is 2. The first-order valence-corrected chi connectivity index (χ1v) is 7.51. The number of benzene rings is 1. The molecule has 2 heterocycles. The topological polar surface area (TPSA) is 94.5 Å². The van der Waals surface area contributed by atoms with Crippen LogP contribution in [0.5, 0.6) is 11.5 Å². The van der Waals surface area contributed by atoms with E-state index in [-0.39, 0.29) is 23.9 Å². The highest BCUT2D eigenvalue weighted by Gasteiger charge is 2.21. The molecule has 24 heavy (non-hydrogen) atoms. The lowest BCUT2D eigenvalue weighted by Gasteiger charge is -2.09. The van der Waals surface area contributed by atoms with E-state index in [1.807, 2.05) is 19.9 Å². The minimum absolute atomic E-state index is 0.00183. The van der Waals surface area contributed by atoms with Gasteiger partial charge in [-0.05, 0) is 32.0 Å². The normalized spacial score (nSPS) is 12.1. The summed E-state index contributed by atoms with van der Waals surface area (Å²) in [6, 6.07) is 4.80. The maximum atomic E-state index is 12.1. The predicted octanol–water partition coefficient (Wildman–Crippen LogP) is 1.34.